The molecule has 0 spiro atoms. The zero-order valence-corrected chi connectivity index (χ0v) is 11.8. The molecule has 2 rings (SSSR count). The molecule has 19 heavy (non-hydrogen) atoms. The predicted octanol–water partition coefficient (Wildman–Crippen LogP) is 1.81. The van der Waals surface area contributed by atoms with Crippen LogP contribution in [0, 0.1) is 6.92 Å². The second kappa shape index (κ2) is 5.75. The lowest BCUT2D eigenvalue weighted by atomic mass is 10.0. The Kier molecular flexibility index (Phi) is 4.27. The van der Waals surface area contributed by atoms with Gasteiger partial charge in [0, 0.05) is 18.2 Å². The van der Waals surface area contributed by atoms with Gasteiger partial charge in [0.1, 0.15) is 5.76 Å². The number of furan rings is 1. The van der Waals surface area contributed by atoms with Crippen LogP contribution in [0.1, 0.15) is 34.7 Å². The lowest BCUT2D eigenvalue weighted by Gasteiger charge is -2.35. The Hall–Kier alpha value is -1.33. The van der Waals surface area contributed by atoms with Crippen molar-refractivity contribution in [3.63, 3.8) is 0 Å². The molecule has 1 aromatic heterocycles. The highest BCUT2D eigenvalue weighted by atomic mass is 16.4. The molecule has 5 heteroatoms. The molecule has 1 N–H and O–H groups in total. The van der Waals surface area contributed by atoms with E-state index in [1.807, 2.05) is 6.07 Å². The van der Waals surface area contributed by atoms with Gasteiger partial charge < -0.3 is 14.4 Å². The van der Waals surface area contributed by atoms with Crippen molar-refractivity contribution in [1.29, 1.82) is 0 Å². The van der Waals surface area contributed by atoms with Crippen LogP contribution in [0.5, 0.6) is 0 Å². The molecule has 0 aromatic carbocycles. The molecule has 0 bridgehead atoms. The second-order valence-electron chi connectivity index (χ2n) is 5.52. The predicted molar refractivity (Wildman–Crippen MR) is 72.4 cm³/mol. The van der Waals surface area contributed by atoms with Crippen LogP contribution in [0.25, 0.3) is 0 Å². The SMILES string of the molecule is Cc1cc(CN2CCCC(N(C)C)C2)oc1C(=O)O. The van der Waals surface area contributed by atoms with Crippen LogP contribution in [-0.4, -0.2) is 54.1 Å². The van der Waals surface area contributed by atoms with E-state index in [1.165, 1.54) is 12.8 Å². The van der Waals surface area contributed by atoms with E-state index in [-0.39, 0.29) is 5.76 Å². The van der Waals surface area contributed by atoms with Gasteiger partial charge in [0.25, 0.3) is 0 Å². The van der Waals surface area contributed by atoms with Crippen molar-refractivity contribution < 1.29 is 14.3 Å². The van der Waals surface area contributed by atoms with Crippen LogP contribution in [0.3, 0.4) is 0 Å². The van der Waals surface area contributed by atoms with Crippen molar-refractivity contribution in [2.24, 2.45) is 0 Å². The summed E-state index contributed by atoms with van der Waals surface area (Å²) in [5.74, 6) is -0.181. The number of hydrogen-bond donors (Lipinski definition) is 1. The van der Waals surface area contributed by atoms with E-state index >= 15 is 0 Å². The zero-order chi connectivity index (χ0) is 14.0. The topological polar surface area (TPSA) is 56.9 Å². The van der Waals surface area contributed by atoms with E-state index in [1.54, 1.807) is 6.92 Å². The number of likely N-dealkylation sites (tertiary alicyclic amines) is 1. The number of likely N-dealkylation sites (N-methyl/N-ethyl adjacent to an activating group) is 1. The molecule has 106 valence electrons. The third-order valence-corrected chi connectivity index (χ3v) is 3.75. The summed E-state index contributed by atoms with van der Waals surface area (Å²) in [6.07, 6.45) is 2.40. The maximum Gasteiger partial charge on any atom is 0.372 e. The Labute approximate surface area is 113 Å². The number of carboxylic acid groups (broad SMARTS) is 1. The third-order valence-electron chi connectivity index (χ3n) is 3.75. The number of rotatable bonds is 4. The van der Waals surface area contributed by atoms with Gasteiger partial charge in [0.15, 0.2) is 0 Å². The quantitative estimate of drug-likeness (QED) is 0.900. The highest BCUT2D eigenvalue weighted by molar-refractivity contribution is 5.86. The average Bonchev–Trinajstić information content (AvgIpc) is 2.70. The fourth-order valence-electron chi connectivity index (χ4n) is 2.65. The van der Waals surface area contributed by atoms with Gasteiger partial charge in [-0.05, 0) is 46.5 Å². The van der Waals surface area contributed by atoms with E-state index in [9.17, 15) is 4.79 Å². The van der Waals surface area contributed by atoms with Crippen LogP contribution in [0.15, 0.2) is 10.5 Å². The highest BCUT2D eigenvalue weighted by Crippen LogP contribution is 2.20. The molecule has 5 nitrogen and oxygen atoms in total. The van der Waals surface area contributed by atoms with Crippen LogP contribution < -0.4 is 0 Å². The van der Waals surface area contributed by atoms with E-state index in [0.717, 1.165) is 18.8 Å². The molecule has 1 atom stereocenters. The Balaban J connectivity index is 2.01. The van der Waals surface area contributed by atoms with Gasteiger partial charge in [-0.2, -0.15) is 0 Å². The summed E-state index contributed by atoms with van der Waals surface area (Å²) in [7, 11) is 4.21. The van der Waals surface area contributed by atoms with Crippen molar-refractivity contribution in [1.82, 2.24) is 9.80 Å². The summed E-state index contributed by atoms with van der Waals surface area (Å²) < 4.78 is 5.42. The van der Waals surface area contributed by atoms with Gasteiger partial charge in [-0.25, -0.2) is 4.79 Å². The van der Waals surface area contributed by atoms with Gasteiger partial charge in [0.2, 0.25) is 5.76 Å². The maximum absolute atomic E-state index is 11.0. The van der Waals surface area contributed by atoms with Crippen LogP contribution >= 0.6 is 0 Å². The fraction of sp³-hybridized carbons (Fsp3) is 0.643. The number of carboxylic acids is 1. The van der Waals surface area contributed by atoms with Crippen molar-refractivity contribution in [2.75, 3.05) is 27.2 Å². The minimum atomic E-state index is -0.992. The first kappa shape index (κ1) is 14.1. The molecule has 0 aliphatic carbocycles. The molecule has 2 heterocycles. The molecule has 1 saturated heterocycles. The zero-order valence-electron chi connectivity index (χ0n) is 11.8. The second-order valence-corrected chi connectivity index (χ2v) is 5.52. The van der Waals surface area contributed by atoms with Gasteiger partial charge in [-0.3, -0.25) is 4.90 Å². The van der Waals surface area contributed by atoms with E-state index in [2.05, 4.69) is 23.9 Å². The fourth-order valence-corrected chi connectivity index (χ4v) is 2.65. The Morgan fingerprint density at radius 2 is 2.32 bits per heavy atom. The normalized spacial score (nSPS) is 20.9. The first-order valence-electron chi connectivity index (χ1n) is 6.68. The number of hydrogen-bond acceptors (Lipinski definition) is 4. The number of piperidine rings is 1. The monoisotopic (exact) mass is 266 g/mol. The molecular formula is C14H22N2O3. The summed E-state index contributed by atoms with van der Waals surface area (Å²) in [6.45, 7) is 4.52. The maximum atomic E-state index is 11.0. The summed E-state index contributed by atoms with van der Waals surface area (Å²) in [4.78, 5) is 15.5. The first-order valence-corrected chi connectivity index (χ1v) is 6.68. The largest absolute Gasteiger partial charge is 0.475 e. The van der Waals surface area contributed by atoms with Crippen molar-refractivity contribution >= 4 is 5.97 Å². The van der Waals surface area contributed by atoms with E-state index in [0.29, 0.717) is 18.2 Å². The van der Waals surface area contributed by atoms with Gasteiger partial charge in [-0.1, -0.05) is 0 Å². The highest BCUT2D eigenvalue weighted by Gasteiger charge is 2.23. The van der Waals surface area contributed by atoms with Crippen molar-refractivity contribution in [2.45, 2.75) is 32.4 Å². The van der Waals surface area contributed by atoms with Crippen LogP contribution in [-0.2, 0) is 6.54 Å². The number of carbonyl (C=O) groups is 1. The van der Waals surface area contributed by atoms with Crippen molar-refractivity contribution in [3.8, 4) is 0 Å². The molecule has 1 fully saturated rings. The summed E-state index contributed by atoms with van der Waals surface area (Å²) in [6, 6.07) is 2.41. The number of nitrogens with zero attached hydrogens (tertiary/aromatic N) is 2. The van der Waals surface area contributed by atoms with Gasteiger partial charge in [0.05, 0.1) is 6.54 Å². The van der Waals surface area contributed by atoms with Crippen LogP contribution in [0.2, 0.25) is 0 Å². The summed E-state index contributed by atoms with van der Waals surface area (Å²) in [5, 5.41) is 8.99. The minimum Gasteiger partial charge on any atom is -0.475 e. The third kappa shape index (κ3) is 3.36. The number of aromatic carboxylic acids is 1. The Bertz CT molecular complexity index is 454. The standard InChI is InChI=1S/C14H22N2O3/c1-10-7-12(19-13(10)14(17)18)9-16-6-4-5-11(8-16)15(2)3/h7,11H,4-6,8-9H2,1-3H3,(H,17,18). The lowest BCUT2D eigenvalue weighted by Crippen LogP contribution is -2.44. The Morgan fingerprint density at radius 3 is 2.89 bits per heavy atom. The summed E-state index contributed by atoms with van der Waals surface area (Å²) in [5.41, 5.74) is 0.698. The molecule has 1 aliphatic heterocycles. The molecule has 0 amide bonds. The summed E-state index contributed by atoms with van der Waals surface area (Å²) >= 11 is 0. The van der Waals surface area contributed by atoms with Crippen LogP contribution in [0.4, 0.5) is 0 Å². The lowest BCUT2D eigenvalue weighted by molar-refractivity contribution is 0.0654. The Morgan fingerprint density at radius 1 is 1.58 bits per heavy atom. The smallest absolute Gasteiger partial charge is 0.372 e. The molecule has 1 unspecified atom stereocenters. The molecule has 1 aliphatic rings. The minimum absolute atomic E-state index is 0.0659. The molecule has 0 radical (unpaired) electrons. The van der Waals surface area contributed by atoms with E-state index in [4.69, 9.17) is 9.52 Å². The van der Waals surface area contributed by atoms with Crippen molar-refractivity contribution in [3.05, 3.63) is 23.2 Å². The average molecular weight is 266 g/mol. The molecule has 0 saturated carbocycles. The first-order chi connectivity index (χ1) is 8.97. The van der Waals surface area contributed by atoms with Gasteiger partial charge >= 0.3 is 5.97 Å². The van der Waals surface area contributed by atoms with Gasteiger partial charge in [-0.15, -0.1) is 0 Å². The number of aryl methyl sites for hydroxylation is 1. The van der Waals surface area contributed by atoms with E-state index < -0.39 is 5.97 Å². The molecular weight excluding hydrogens is 244 g/mol. The molecule has 1 aromatic rings.